The Morgan fingerprint density at radius 2 is 2.00 bits per heavy atom. The van der Waals surface area contributed by atoms with Crippen LogP contribution in [0.25, 0.3) is 0 Å². The first-order valence-corrected chi connectivity index (χ1v) is 7.68. The second-order valence-corrected chi connectivity index (χ2v) is 6.42. The van der Waals surface area contributed by atoms with E-state index in [1.54, 1.807) is 12.1 Å². The van der Waals surface area contributed by atoms with E-state index in [0.717, 1.165) is 25.1 Å². The average Bonchev–Trinajstić information content (AvgIpc) is 2.40. The van der Waals surface area contributed by atoms with E-state index >= 15 is 0 Å². The molecule has 1 aromatic carbocycles. The van der Waals surface area contributed by atoms with Gasteiger partial charge in [-0.15, -0.1) is 0 Å². The molecule has 0 bridgehead atoms. The predicted octanol–water partition coefficient (Wildman–Crippen LogP) is 4.15. The standard InChI is InChI=1S/C17H26FNO/c1-4-12-19-16-15(6-5-11-17(16,2)3)20-14-9-7-13(18)8-10-14/h7-10,15-16,19H,4-6,11-12H2,1-3H3. The second-order valence-electron chi connectivity index (χ2n) is 6.42. The monoisotopic (exact) mass is 279 g/mol. The van der Waals surface area contributed by atoms with Crippen LogP contribution in [0.3, 0.4) is 0 Å². The lowest BCUT2D eigenvalue weighted by molar-refractivity contribution is 0.0364. The molecule has 0 amide bonds. The van der Waals surface area contributed by atoms with Crippen molar-refractivity contribution in [3.05, 3.63) is 30.1 Å². The molecule has 1 aromatic rings. The van der Waals surface area contributed by atoms with Gasteiger partial charge in [-0.1, -0.05) is 20.8 Å². The average molecular weight is 279 g/mol. The first-order chi connectivity index (χ1) is 9.53. The van der Waals surface area contributed by atoms with Crippen molar-refractivity contribution in [2.45, 2.75) is 58.6 Å². The smallest absolute Gasteiger partial charge is 0.123 e. The molecule has 1 aliphatic carbocycles. The van der Waals surface area contributed by atoms with Gasteiger partial charge in [-0.2, -0.15) is 0 Å². The third-order valence-electron chi connectivity index (χ3n) is 4.24. The Kier molecular flexibility index (Phi) is 5.03. The van der Waals surface area contributed by atoms with E-state index in [4.69, 9.17) is 4.74 Å². The Morgan fingerprint density at radius 1 is 1.30 bits per heavy atom. The molecular weight excluding hydrogens is 253 g/mol. The van der Waals surface area contributed by atoms with Crippen LogP contribution in [0.5, 0.6) is 5.75 Å². The van der Waals surface area contributed by atoms with Gasteiger partial charge in [-0.25, -0.2) is 4.39 Å². The molecule has 0 radical (unpaired) electrons. The van der Waals surface area contributed by atoms with E-state index in [1.165, 1.54) is 25.0 Å². The quantitative estimate of drug-likeness (QED) is 0.874. The Labute approximate surface area is 121 Å². The highest BCUT2D eigenvalue weighted by Gasteiger charge is 2.39. The molecule has 1 fully saturated rings. The summed E-state index contributed by atoms with van der Waals surface area (Å²) < 4.78 is 19.1. The minimum absolute atomic E-state index is 0.163. The molecular formula is C17H26FNO. The Balaban J connectivity index is 2.08. The number of halogens is 1. The lowest BCUT2D eigenvalue weighted by atomic mass is 9.71. The molecule has 0 saturated heterocycles. The van der Waals surface area contributed by atoms with Gasteiger partial charge in [0.15, 0.2) is 0 Å². The molecule has 3 heteroatoms. The van der Waals surface area contributed by atoms with Gasteiger partial charge in [0, 0.05) is 6.04 Å². The van der Waals surface area contributed by atoms with Crippen molar-refractivity contribution < 1.29 is 9.13 Å². The molecule has 0 heterocycles. The lowest BCUT2D eigenvalue weighted by Gasteiger charge is -2.44. The first-order valence-electron chi connectivity index (χ1n) is 7.68. The molecule has 2 unspecified atom stereocenters. The van der Waals surface area contributed by atoms with Gasteiger partial charge >= 0.3 is 0 Å². The number of nitrogens with one attached hydrogen (secondary N) is 1. The molecule has 20 heavy (non-hydrogen) atoms. The van der Waals surface area contributed by atoms with Gasteiger partial charge in [-0.05, 0) is 61.9 Å². The van der Waals surface area contributed by atoms with E-state index in [2.05, 4.69) is 26.1 Å². The number of hydrogen-bond donors (Lipinski definition) is 1. The van der Waals surface area contributed by atoms with Crippen LogP contribution < -0.4 is 10.1 Å². The third-order valence-corrected chi connectivity index (χ3v) is 4.24. The van der Waals surface area contributed by atoms with Crippen LogP contribution in [0.1, 0.15) is 46.5 Å². The van der Waals surface area contributed by atoms with Crippen LogP contribution in [0, 0.1) is 11.2 Å². The second kappa shape index (κ2) is 6.57. The van der Waals surface area contributed by atoms with Crippen molar-refractivity contribution in [2.24, 2.45) is 5.41 Å². The number of hydrogen-bond acceptors (Lipinski definition) is 2. The molecule has 2 atom stereocenters. The van der Waals surface area contributed by atoms with Gasteiger partial charge in [0.1, 0.15) is 17.7 Å². The summed E-state index contributed by atoms with van der Waals surface area (Å²) in [6.07, 6.45) is 4.74. The van der Waals surface area contributed by atoms with E-state index in [-0.39, 0.29) is 17.3 Å². The van der Waals surface area contributed by atoms with Crippen LogP contribution in [-0.4, -0.2) is 18.7 Å². The van der Waals surface area contributed by atoms with Gasteiger partial charge in [0.25, 0.3) is 0 Å². The fourth-order valence-corrected chi connectivity index (χ4v) is 3.11. The molecule has 0 spiro atoms. The Hall–Kier alpha value is -1.09. The molecule has 1 saturated carbocycles. The minimum Gasteiger partial charge on any atom is -0.489 e. The Bertz CT molecular complexity index is 416. The van der Waals surface area contributed by atoms with E-state index < -0.39 is 0 Å². The maximum absolute atomic E-state index is 13.0. The summed E-state index contributed by atoms with van der Waals surface area (Å²) in [5.74, 6) is 0.541. The zero-order valence-corrected chi connectivity index (χ0v) is 12.8. The van der Waals surface area contributed by atoms with Crippen LogP contribution in [-0.2, 0) is 0 Å². The van der Waals surface area contributed by atoms with Crippen LogP contribution in [0.2, 0.25) is 0 Å². The highest BCUT2D eigenvalue weighted by molar-refractivity contribution is 5.22. The topological polar surface area (TPSA) is 21.3 Å². The van der Waals surface area contributed by atoms with Crippen molar-refractivity contribution >= 4 is 0 Å². The predicted molar refractivity (Wildman–Crippen MR) is 80.5 cm³/mol. The molecule has 1 aliphatic rings. The fourth-order valence-electron chi connectivity index (χ4n) is 3.11. The molecule has 2 nitrogen and oxygen atoms in total. The molecule has 1 N–H and O–H groups in total. The van der Waals surface area contributed by atoms with Gasteiger partial charge < -0.3 is 10.1 Å². The summed E-state index contributed by atoms with van der Waals surface area (Å²) in [4.78, 5) is 0. The summed E-state index contributed by atoms with van der Waals surface area (Å²) >= 11 is 0. The molecule has 0 aromatic heterocycles. The SMILES string of the molecule is CCCNC1C(Oc2ccc(F)cc2)CCCC1(C)C. The Morgan fingerprint density at radius 3 is 2.65 bits per heavy atom. The van der Waals surface area contributed by atoms with Gasteiger partial charge in [0.05, 0.1) is 0 Å². The summed E-state index contributed by atoms with van der Waals surface area (Å²) in [6.45, 7) is 7.80. The van der Waals surface area contributed by atoms with E-state index in [1.807, 2.05) is 0 Å². The summed E-state index contributed by atoms with van der Waals surface area (Å²) in [5.41, 5.74) is 0.234. The van der Waals surface area contributed by atoms with Crippen LogP contribution in [0.15, 0.2) is 24.3 Å². The van der Waals surface area contributed by atoms with Crippen LogP contribution in [0.4, 0.5) is 4.39 Å². The highest BCUT2D eigenvalue weighted by Crippen LogP contribution is 2.37. The maximum Gasteiger partial charge on any atom is 0.123 e. The summed E-state index contributed by atoms with van der Waals surface area (Å²) in [5, 5.41) is 3.64. The maximum atomic E-state index is 13.0. The third kappa shape index (κ3) is 3.72. The lowest BCUT2D eigenvalue weighted by Crippen LogP contribution is -2.54. The molecule has 0 aliphatic heterocycles. The number of benzene rings is 1. The van der Waals surface area contributed by atoms with Crippen molar-refractivity contribution in [1.29, 1.82) is 0 Å². The summed E-state index contributed by atoms with van der Waals surface area (Å²) in [7, 11) is 0. The number of ether oxygens (including phenoxy) is 1. The normalized spacial score (nSPS) is 25.4. The van der Waals surface area contributed by atoms with Crippen molar-refractivity contribution in [3.63, 3.8) is 0 Å². The van der Waals surface area contributed by atoms with Crippen molar-refractivity contribution in [2.75, 3.05) is 6.54 Å². The fraction of sp³-hybridized carbons (Fsp3) is 0.647. The van der Waals surface area contributed by atoms with Crippen LogP contribution >= 0.6 is 0 Å². The minimum atomic E-state index is -0.220. The zero-order valence-electron chi connectivity index (χ0n) is 12.8. The van der Waals surface area contributed by atoms with E-state index in [0.29, 0.717) is 6.04 Å². The van der Waals surface area contributed by atoms with E-state index in [9.17, 15) is 4.39 Å². The van der Waals surface area contributed by atoms with Crippen molar-refractivity contribution in [1.82, 2.24) is 5.32 Å². The summed E-state index contributed by atoms with van der Waals surface area (Å²) in [6, 6.07) is 6.69. The highest BCUT2D eigenvalue weighted by atomic mass is 19.1. The molecule has 2 rings (SSSR count). The molecule has 112 valence electrons. The number of rotatable bonds is 5. The zero-order chi connectivity index (χ0) is 14.6. The first kappa shape index (κ1) is 15.3. The van der Waals surface area contributed by atoms with Crippen molar-refractivity contribution in [3.8, 4) is 5.75 Å². The largest absolute Gasteiger partial charge is 0.489 e. The van der Waals surface area contributed by atoms with Gasteiger partial charge in [0.2, 0.25) is 0 Å². The van der Waals surface area contributed by atoms with Gasteiger partial charge in [-0.3, -0.25) is 0 Å².